The van der Waals surface area contributed by atoms with E-state index in [2.05, 4.69) is 15.2 Å². The molecule has 0 bridgehead atoms. The van der Waals surface area contributed by atoms with Crippen molar-refractivity contribution in [1.29, 1.82) is 0 Å². The molecule has 1 aromatic carbocycles. The van der Waals surface area contributed by atoms with Crippen LogP contribution in [-0.4, -0.2) is 32.6 Å². The van der Waals surface area contributed by atoms with E-state index in [4.69, 9.17) is 4.52 Å². The van der Waals surface area contributed by atoms with E-state index in [-0.39, 0.29) is 28.8 Å². The number of carbonyl (C=O) groups is 1. The van der Waals surface area contributed by atoms with Gasteiger partial charge >= 0.3 is 0 Å². The predicted molar refractivity (Wildman–Crippen MR) is 89.0 cm³/mol. The van der Waals surface area contributed by atoms with Crippen LogP contribution >= 0.6 is 0 Å². The van der Waals surface area contributed by atoms with Crippen molar-refractivity contribution >= 4 is 15.9 Å². The van der Waals surface area contributed by atoms with Gasteiger partial charge in [-0.25, -0.2) is 13.1 Å². The van der Waals surface area contributed by atoms with Gasteiger partial charge in [-0.3, -0.25) is 4.79 Å². The number of hydrogen-bond donors (Lipinski definition) is 2. The SMILES string of the molecule is Cc1noc(C)c1S(=O)(=O)NCC(=O)NC[C@H](C)c1ccccc1. The van der Waals surface area contributed by atoms with Gasteiger partial charge in [-0.05, 0) is 25.3 Å². The van der Waals surface area contributed by atoms with E-state index in [1.807, 2.05) is 37.3 Å². The average Bonchev–Trinajstić information content (AvgIpc) is 2.91. The topological polar surface area (TPSA) is 101 Å². The Morgan fingerprint density at radius 3 is 2.50 bits per heavy atom. The van der Waals surface area contributed by atoms with Crippen LogP contribution in [-0.2, 0) is 14.8 Å². The number of aromatic nitrogens is 1. The second-order valence-electron chi connectivity index (χ2n) is 5.59. The van der Waals surface area contributed by atoms with Gasteiger partial charge in [0.2, 0.25) is 15.9 Å². The van der Waals surface area contributed by atoms with E-state index >= 15 is 0 Å². The highest BCUT2D eigenvalue weighted by Gasteiger charge is 2.24. The van der Waals surface area contributed by atoms with Crippen LogP contribution in [0.4, 0.5) is 0 Å². The maximum atomic E-state index is 12.2. The number of sulfonamides is 1. The summed E-state index contributed by atoms with van der Waals surface area (Å²) in [5.74, 6) is -0.0689. The van der Waals surface area contributed by atoms with Gasteiger partial charge in [0, 0.05) is 6.54 Å². The molecule has 7 nitrogen and oxygen atoms in total. The van der Waals surface area contributed by atoms with Gasteiger partial charge in [-0.15, -0.1) is 0 Å². The molecule has 2 rings (SSSR count). The molecule has 2 aromatic rings. The number of carbonyl (C=O) groups excluding carboxylic acids is 1. The van der Waals surface area contributed by atoms with Crippen molar-refractivity contribution in [1.82, 2.24) is 15.2 Å². The fraction of sp³-hybridized carbons (Fsp3) is 0.375. The Hall–Kier alpha value is -2.19. The summed E-state index contributed by atoms with van der Waals surface area (Å²) in [7, 11) is -3.83. The molecule has 1 aromatic heterocycles. The zero-order chi connectivity index (χ0) is 17.7. The highest BCUT2D eigenvalue weighted by molar-refractivity contribution is 7.89. The summed E-state index contributed by atoms with van der Waals surface area (Å²) >= 11 is 0. The molecule has 0 saturated carbocycles. The first kappa shape index (κ1) is 18.2. The van der Waals surface area contributed by atoms with Crippen molar-refractivity contribution in [2.75, 3.05) is 13.1 Å². The van der Waals surface area contributed by atoms with Crippen molar-refractivity contribution in [3.05, 3.63) is 47.3 Å². The van der Waals surface area contributed by atoms with Crippen molar-refractivity contribution < 1.29 is 17.7 Å². The first-order valence-corrected chi connectivity index (χ1v) is 9.03. The van der Waals surface area contributed by atoms with Gasteiger partial charge in [0.25, 0.3) is 0 Å². The number of rotatable bonds is 7. The second-order valence-corrected chi connectivity index (χ2v) is 7.30. The minimum Gasteiger partial charge on any atom is -0.360 e. The quantitative estimate of drug-likeness (QED) is 0.787. The van der Waals surface area contributed by atoms with E-state index in [1.54, 1.807) is 0 Å². The zero-order valence-corrected chi connectivity index (χ0v) is 14.7. The lowest BCUT2D eigenvalue weighted by Crippen LogP contribution is -2.38. The first-order valence-electron chi connectivity index (χ1n) is 7.55. The summed E-state index contributed by atoms with van der Waals surface area (Å²) in [6.07, 6.45) is 0. The predicted octanol–water partition coefficient (Wildman–Crippen LogP) is 1.49. The molecule has 2 N–H and O–H groups in total. The standard InChI is InChI=1S/C16H21N3O4S/c1-11(14-7-5-4-6-8-14)9-17-15(20)10-18-24(21,22)16-12(2)19-23-13(16)3/h4-8,11,18H,9-10H2,1-3H3,(H,17,20)/t11-/m0/s1. The maximum absolute atomic E-state index is 12.2. The molecule has 0 aliphatic heterocycles. The number of aryl methyl sites for hydroxylation is 2. The first-order chi connectivity index (χ1) is 11.3. The molecule has 24 heavy (non-hydrogen) atoms. The van der Waals surface area contributed by atoms with Gasteiger partial charge in [-0.2, -0.15) is 0 Å². The summed E-state index contributed by atoms with van der Waals surface area (Å²) in [5, 5.41) is 6.33. The Morgan fingerprint density at radius 1 is 1.25 bits per heavy atom. The third-order valence-electron chi connectivity index (χ3n) is 3.63. The zero-order valence-electron chi connectivity index (χ0n) is 13.9. The molecule has 0 radical (unpaired) electrons. The fourth-order valence-electron chi connectivity index (χ4n) is 2.32. The van der Waals surface area contributed by atoms with Gasteiger partial charge in [0.1, 0.15) is 10.6 Å². The van der Waals surface area contributed by atoms with Crippen LogP contribution in [0.5, 0.6) is 0 Å². The molecule has 1 amide bonds. The van der Waals surface area contributed by atoms with E-state index in [9.17, 15) is 13.2 Å². The molecular formula is C16H21N3O4S. The number of nitrogens with one attached hydrogen (secondary N) is 2. The number of amides is 1. The Bertz CT molecular complexity index is 780. The van der Waals surface area contributed by atoms with E-state index in [0.29, 0.717) is 6.54 Å². The lowest BCUT2D eigenvalue weighted by Gasteiger charge is -2.13. The Kier molecular flexibility index (Phi) is 5.74. The summed E-state index contributed by atoms with van der Waals surface area (Å²) in [6, 6.07) is 9.77. The molecule has 0 saturated heterocycles. The summed E-state index contributed by atoms with van der Waals surface area (Å²) in [6.45, 7) is 5.12. The summed E-state index contributed by atoms with van der Waals surface area (Å²) < 4.78 is 31.5. The third-order valence-corrected chi connectivity index (χ3v) is 5.28. The monoisotopic (exact) mass is 351 g/mol. The molecular weight excluding hydrogens is 330 g/mol. The minimum atomic E-state index is -3.83. The van der Waals surface area contributed by atoms with Gasteiger partial charge in [-0.1, -0.05) is 42.4 Å². The normalized spacial score (nSPS) is 12.8. The molecule has 0 aliphatic carbocycles. The molecule has 1 heterocycles. The number of nitrogens with zero attached hydrogens (tertiary/aromatic N) is 1. The second kappa shape index (κ2) is 7.59. The highest BCUT2D eigenvalue weighted by Crippen LogP contribution is 2.18. The van der Waals surface area contributed by atoms with Crippen LogP contribution in [0.15, 0.2) is 39.8 Å². The summed E-state index contributed by atoms with van der Waals surface area (Å²) in [5.41, 5.74) is 1.37. The molecule has 8 heteroatoms. The molecule has 0 unspecified atom stereocenters. The average molecular weight is 351 g/mol. The van der Waals surface area contributed by atoms with Crippen LogP contribution in [0.1, 0.15) is 29.9 Å². The third kappa shape index (κ3) is 4.42. The van der Waals surface area contributed by atoms with Gasteiger partial charge in [0.05, 0.1) is 6.54 Å². The van der Waals surface area contributed by atoms with E-state index in [1.165, 1.54) is 13.8 Å². The number of benzene rings is 1. The highest BCUT2D eigenvalue weighted by atomic mass is 32.2. The maximum Gasteiger partial charge on any atom is 0.246 e. The van der Waals surface area contributed by atoms with Crippen molar-refractivity contribution in [2.45, 2.75) is 31.6 Å². The Labute approximate surface area is 141 Å². The smallest absolute Gasteiger partial charge is 0.246 e. The molecule has 0 fully saturated rings. The lowest BCUT2D eigenvalue weighted by molar-refractivity contribution is -0.120. The van der Waals surface area contributed by atoms with Crippen molar-refractivity contribution in [3.8, 4) is 0 Å². The van der Waals surface area contributed by atoms with Crippen molar-refractivity contribution in [2.24, 2.45) is 0 Å². The Balaban J connectivity index is 1.87. The molecule has 0 spiro atoms. The summed E-state index contributed by atoms with van der Waals surface area (Å²) in [4.78, 5) is 11.9. The fourth-order valence-corrected chi connectivity index (χ4v) is 3.63. The van der Waals surface area contributed by atoms with Gasteiger partial charge in [0.15, 0.2) is 5.76 Å². The van der Waals surface area contributed by atoms with Crippen LogP contribution in [0.3, 0.4) is 0 Å². The number of hydrogen-bond acceptors (Lipinski definition) is 5. The largest absolute Gasteiger partial charge is 0.360 e. The van der Waals surface area contributed by atoms with Gasteiger partial charge < -0.3 is 9.84 Å². The molecule has 1 atom stereocenters. The minimum absolute atomic E-state index is 0.0204. The molecule has 0 aliphatic rings. The van der Waals surface area contributed by atoms with Crippen LogP contribution in [0.2, 0.25) is 0 Å². The van der Waals surface area contributed by atoms with E-state index in [0.717, 1.165) is 5.56 Å². The van der Waals surface area contributed by atoms with Crippen molar-refractivity contribution in [3.63, 3.8) is 0 Å². The van der Waals surface area contributed by atoms with Crippen LogP contribution in [0, 0.1) is 13.8 Å². The lowest BCUT2D eigenvalue weighted by atomic mass is 10.0. The van der Waals surface area contributed by atoms with Crippen LogP contribution < -0.4 is 10.0 Å². The van der Waals surface area contributed by atoms with Crippen LogP contribution in [0.25, 0.3) is 0 Å². The molecule has 130 valence electrons. The van der Waals surface area contributed by atoms with E-state index < -0.39 is 15.9 Å². The Morgan fingerprint density at radius 2 is 1.92 bits per heavy atom.